The summed E-state index contributed by atoms with van der Waals surface area (Å²) in [4.78, 5) is 7.25. The van der Waals surface area contributed by atoms with E-state index in [-0.39, 0.29) is 0 Å². The van der Waals surface area contributed by atoms with Gasteiger partial charge in [0.2, 0.25) is 0 Å². The lowest BCUT2D eigenvalue weighted by Gasteiger charge is -2.20. The Hall–Kier alpha value is -1.61. The van der Waals surface area contributed by atoms with Gasteiger partial charge in [-0.2, -0.15) is 0 Å². The molecule has 0 unspecified atom stereocenters. The topological polar surface area (TPSA) is 28.2 Å². The Bertz CT molecular complexity index is 590. The Balaban J connectivity index is 1.96. The highest BCUT2D eigenvalue weighted by Crippen LogP contribution is 2.33. The van der Waals surface area contributed by atoms with Gasteiger partial charge in [-0.1, -0.05) is 31.2 Å². The van der Waals surface area contributed by atoms with E-state index >= 15 is 0 Å². The van der Waals surface area contributed by atoms with Crippen LogP contribution in [0.4, 0.5) is 5.82 Å². The van der Waals surface area contributed by atoms with Gasteiger partial charge in [0.1, 0.15) is 5.82 Å². The molecule has 106 valence electrons. The first kappa shape index (κ1) is 13.4. The summed E-state index contributed by atoms with van der Waals surface area (Å²) in [7, 11) is 2.18. The average molecular weight is 269 g/mol. The lowest BCUT2D eigenvalue weighted by molar-refractivity contribution is 0.664. The van der Waals surface area contributed by atoms with E-state index in [4.69, 9.17) is 4.98 Å². The van der Waals surface area contributed by atoms with Crippen molar-refractivity contribution in [1.82, 2.24) is 10.3 Å². The molecule has 3 nitrogen and oxygen atoms in total. The summed E-state index contributed by atoms with van der Waals surface area (Å²) in [5, 5.41) is 6.00. The number of nitrogens with one attached hydrogen (secondary N) is 1. The minimum absolute atomic E-state index is 0.685. The molecule has 1 fully saturated rings. The second-order valence-corrected chi connectivity index (χ2v) is 5.68. The Labute approximate surface area is 121 Å². The van der Waals surface area contributed by atoms with E-state index in [1.165, 1.54) is 23.6 Å². The highest BCUT2D eigenvalue weighted by molar-refractivity contribution is 5.92. The molecule has 1 aliphatic rings. The van der Waals surface area contributed by atoms with Gasteiger partial charge in [0.25, 0.3) is 0 Å². The van der Waals surface area contributed by atoms with E-state index < -0.39 is 0 Å². The highest BCUT2D eigenvalue weighted by Gasteiger charge is 2.28. The molecule has 0 atom stereocenters. The lowest BCUT2D eigenvalue weighted by Crippen LogP contribution is -2.22. The van der Waals surface area contributed by atoms with Gasteiger partial charge in [0, 0.05) is 25.0 Å². The summed E-state index contributed by atoms with van der Waals surface area (Å²) in [5.41, 5.74) is 1.14. The number of hydrogen-bond acceptors (Lipinski definition) is 3. The molecule has 1 aromatic carbocycles. The number of aromatic nitrogens is 1. The molecule has 0 amide bonds. The third kappa shape index (κ3) is 2.78. The zero-order valence-corrected chi connectivity index (χ0v) is 12.4. The van der Waals surface area contributed by atoms with E-state index in [1.807, 2.05) is 0 Å². The summed E-state index contributed by atoms with van der Waals surface area (Å²) in [5.74, 6) is 1.14. The Morgan fingerprint density at radius 3 is 2.85 bits per heavy atom. The molecule has 20 heavy (non-hydrogen) atoms. The number of fused-ring (bicyclic) bond motifs is 1. The summed E-state index contributed by atoms with van der Waals surface area (Å²) in [6.45, 7) is 4.08. The standard InChI is InChI=1S/C17H23N3/c1-3-10-18-12-14-11-13-6-4-5-7-16(13)17(19-14)20(2)15-8-9-15/h4-7,11,15,18H,3,8-10,12H2,1-2H3. The lowest BCUT2D eigenvalue weighted by atomic mass is 10.1. The van der Waals surface area contributed by atoms with Gasteiger partial charge >= 0.3 is 0 Å². The second-order valence-electron chi connectivity index (χ2n) is 5.68. The van der Waals surface area contributed by atoms with Crippen LogP contribution < -0.4 is 10.2 Å². The van der Waals surface area contributed by atoms with Gasteiger partial charge in [-0.15, -0.1) is 0 Å². The molecule has 0 radical (unpaired) electrons. The van der Waals surface area contributed by atoms with Crippen LogP contribution in [0.1, 0.15) is 31.9 Å². The predicted octanol–water partition coefficient (Wildman–Crippen LogP) is 3.33. The third-order valence-corrected chi connectivity index (χ3v) is 3.93. The summed E-state index contributed by atoms with van der Waals surface area (Å²) in [6, 6.07) is 11.5. The highest BCUT2D eigenvalue weighted by atomic mass is 15.2. The van der Waals surface area contributed by atoms with Crippen LogP contribution in [0.5, 0.6) is 0 Å². The van der Waals surface area contributed by atoms with E-state index in [9.17, 15) is 0 Å². The van der Waals surface area contributed by atoms with Crippen LogP contribution in [0.2, 0.25) is 0 Å². The average Bonchev–Trinajstić information content (AvgIpc) is 3.30. The van der Waals surface area contributed by atoms with Crippen LogP contribution in [0.3, 0.4) is 0 Å². The van der Waals surface area contributed by atoms with Crippen molar-refractivity contribution < 1.29 is 0 Å². The van der Waals surface area contributed by atoms with Crippen molar-refractivity contribution in [1.29, 1.82) is 0 Å². The smallest absolute Gasteiger partial charge is 0.136 e. The molecular weight excluding hydrogens is 246 g/mol. The maximum absolute atomic E-state index is 4.90. The predicted molar refractivity (Wildman–Crippen MR) is 85.2 cm³/mol. The molecule has 0 aliphatic heterocycles. The molecule has 1 N–H and O–H groups in total. The van der Waals surface area contributed by atoms with Crippen molar-refractivity contribution in [2.45, 2.75) is 38.8 Å². The van der Waals surface area contributed by atoms with E-state index in [0.29, 0.717) is 6.04 Å². The van der Waals surface area contributed by atoms with Crippen molar-refractivity contribution in [3.63, 3.8) is 0 Å². The van der Waals surface area contributed by atoms with Crippen molar-refractivity contribution in [3.05, 3.63) is 36.0 Å². The Morgan fingerprint density at radius 1 is 1.30 bits per heavy atom. The Kier molecular flexibility index (Phi) is 3.88. The van der Waals surface area contributed by atoms with Crippen LogP contribution in [-0.2, 0) is 6.54 Å². The van der Waals surface area contributed by atoms with Gasteiger partial charge in [0.05, 0.1) is 5.69 Å². The SMILES string of the molecule is CCCNCc1cc2ccccc2c(N(C)C2CC2)n1. The van der Waals surface area contributed by atoms with E-state index in [0.717, 1.165) is 31.0 Å². The van der Waals surface area contributed by atoms with Crippen LogP contribution in [-0.4, -0.2) is 24.6 Å². The number of benzene rings is 1. The minimum Gasteiger partial charge on any atom is -0.356 e. The van der Waals surface area contributed by atoms with Crippen molar-refractivity contribution in [2.24, 2.45) is 0 Å². The molecule has 1 heterocycles. The largest absolute Gasteiger partial charge is 0.356 e. The first-order valence-electron chi connectivity index (χ1n) is 7.62. The fourth-order valence-electron chi connectivity index (χ4n) is 2.62. The molecule has 3 heteroatoms. The fourth-order valence-corrected chi connectivity index (χ4v) is 2.62. The minimum atomic E-state index is 0.685. The maximum Gasteiger partial charge on any atom is 0.136 e. The molecule has 1 aliphatic carbocycles. The summed E-state index contributed by atoms with van der Waals surface area (Å²) >= 11 is 0. The molecule has 1 saturated carbocycles. The van der Waals surface area contributed by atoms with Gasteiger partial charge in [-0.05, 0) is 37.3 Å². The van der Waals surface area contributed by atoms with Crippen LogP contribution in [0, 0.1) is 0 Å². The third-order valence-electron chi connectivity index (χ3n) is 3.93. The molecule has 3 rings (SSSR count). The first-order chi connectivity index (χ1) is 9.79. The molecule has 1 aromatic heterocycles. The zero-order valence-electron chi connectivity index (χ0n) is 12.4. The quantitative estimate of drug-likeness (QED) is 0.815. The van der Waals surface area contributed by atoms with Gasteiger partial charge in [-0.25, -0.2) is 4.98 Å². The van der Waals surface area contributed by atoms with Crippen LogP contribution in [0.15, 0.2) is 30.3 Å². The zero-order chi connectivity index (χ0) is 13.9. The van der Waals surface area contributed by atoms with Crippen molar-refractivity contribution in [3.8, 4) is 0 Å². The first-order valence-corrected chi connectivity index (χ1v) is 7.62. The number of pyridine rings is 1. The Morgan fingerprint density at radius 2 is 2.10 bits per heavy atom. The number of anilines is 1. The number of rotatable bonds is 6. The van der Waals surface area contributed by atoms with Gasteiger partial charge in [-0.3, -0.25) is 0 Å². The summed E-state index contributed by atoms with van der Waals surface area (Å²) in [6.07, 6.45) is 3.75. The van der Waals surface area contributed by atoms with Gasteiger partial charge in [0.15, 0.2) is 0 Å². The molecule has 0 bridgehead atoms. The normalized spacial score (nSPS) is 14.7. The summed E-state index contributed by atoms with van der Waals surface area (Å²) < 4.78 is 0. The van der Waals surface area contributed by atoms with Crippen molar-refractivity contribution >= 4 is 16.6 Å². The fraction of sp³-hybridized carbons (Fsp3) is 0.471. The molecular formula is C17H23N3. The van der Waals surface area contributed by atoms with E-state index in [2.05, 4.69) is 54.5 Å². The maximum atomic E-state index is 4.90. The van der Waals surface area contributed by atoms with Gasteiger partial charge < -0.3 is 10.2 Å². The number of nitrogens with zero attached hydrogens (tertiary/aromatic N) is 2. The van der Waals surface area contributed by atoms with E-state index in [1.54, 1.807) is 0 Å². The molecule has 0 saturated heterocycles. The molecule has 2 aromatic rings. The molecule has 0 spiro atoms. The van der Waals surface area contributed by atoms with Crippen molar-refractivity contribution in [2.75, 3.05) is 18.5 Å². The van der Waals surface area contributed by atoms with Crippen LogP contribution >= 0.6 is 0 Å². The number of hydrogen-bond donors (Lipinski definition) is 1. The monoisotopic (exact) mass is 269 g/mol. The second kappa shape index (κ2) is 5.80. The van der Waals surface area contributed by atoms with Crippen LogP contribution in [0.25, 0.3) is 10.8 Å².